The standard InChI is InChI=1S/C25H37N5O2S/c1-6-29-12-14-30(15-13-29)22-17-21(25(2,3)4)27-24(28-22)33-18-19-7-9-20(10-8-19)23(31)26-11-16-32-5/h7-10,17H,6,11-16,18H2,1-5H3,(H,26,31). The summed E-state index contributed by atoms with van der Waals surface area (Å²) in [5, 5.41) is 3.65. The summed E-state index contributed by atoms with van der Waals surface area (Å²) in [7, 11) is 1.62. The number of hydrogen-bond donors (Lipinski definition) is 1. The monoisotopic (exact) mass is 471 g/mol. The number of aromatic nitrogens is 2. The average Bonchev–Trinajstić information content (AvgIpc) is 2.82. The summed E-state index contributed by atoms with van der Waals surface area (Å²) < 4.78 is 4.97. The van der Waals surface area contributed by atoms with E-state index in [0.717, 1.165) is 60.7 Å². The van der Waals surface area contributed by atoms with Gasteiger partial charge in [0.2, 0.25) is 0 Å². The van der Waals surface area contributed by atoms with E-state index in [-0.39, 0.29) is 11.3 Å². The van der Waals surface area contributed by atoms with Crippen LogP contribution < -0.4 is 10.2 Å². The highest BCUT2D eigenvalue weighted by atomic mass is 32.2. The van der Waals surface area contributed by atoms with E-state index >= 15 is 0 Å². The molecule has 1 aliphatic rings. The second kappa shape index (κ2) is 11.8. The third kappa shape index (κ3) is 7.42. The van der Waals surface area contributed by atoms with Gasteiger partial charge in [0.1, 0.15) is 5.82 Å². The zero-order valence-electron chi connectivity index (χ0n) is 20.6. The van der Waals surface area contributed by atoms with Crippen LogP contribution in [0.15, 0.2) is 35.5 Å². The largest absolute Gasteiger partial charge is 0.383 e. The molecule has 1 amide bonds. The van der Waals surface area contributed by atoms with Crippen molar-refractivity contribution in [3.05, 3.63) is 47.2 Å². The summed E-state index contributed by atoms with van der Waals surface area (Å²) >= 11 is 1.64. The van der Waals surface area contributed by atoms with Crippen LogP contribution in [-0.4, -0.2) is 73.8 Å². The molecule has 7 nitrogen and oxygen atoms in total. The number of ether oxygens (including phenoxy) is 1. The van der Waals surface area contributed by atoms with E-state index in [9.17, 15) is 4.79 Å². The van der Waals surface area contributed by atoms with Crippen molar-refractivity contribution < 1.29 is 9.53 Å². The molecule has 0 spiro atoms. The number of piperazine rings is 1. The van der Waals surface area contributed by atoms with E-state index in [1.807, 2.05) is 24.3 Å². The van der Waals surface area contributed by atoms with Crippen molar-refractivity contribution in [3.63, 3.8) is 0 Å². The molecule has 0 unspecified atom stereocenters. The van der Waals surface area contributed by atoms with Gasteiger partial charge in [-0.1, -0.05) is 51.6 Å². The third-order valence-corrected chi connectivity index (χ3v) is 6.70. The Kier molecular flexibility index (Phi) is 9.11. The lowest BCUT2D eigenvalue weighted by Gasteiger charge is -2.35. The number of benzene rings is 1. The Morgan fingerprint density at radius 3 is 2.42 bits per heavy atom. The predicted octanol–water partition coefficient (Wildman–Crippen LogP) is 3.58. The van der Waals surface area contributed by atoms with Crippen molar-refractivity contribution in [3.8, 4) is 0 Å². The first kappa shape index (κ1) is 25.5. The Hall–Kier alpha value is -2.16. The van der Waals surface area contributed by atoms with Gasteiger partial charge in [0, 0.05) is 62.6 Å². The van der Waals surface area contributed by atoms with Crippen molar-refractivity contribution in [2.24, 2.45) is 0 Å². The predicted molar refractivity (Wildman–Crippen MR) is 135 cm³/mol. The Balaban J connectivity index is 1.68. The maximum absolute atomic E-state index is 12.2. The number of carbonyl (C=O) groups excluding carboxylic acids is 1. The number of methoxy groups -OCH3 is 1. The smallest absolute Gasteiger partial charge is 0.251 e. The molecule has 2 heterocycles. The highest BCUT2D eigenvalue weighted by Gasteiger charge is 2.22. The molecule has 8 heteroatoms. The molecular formula is C25H37N5O2S. The van der Waals surface area contributed by atoms with E-state index < -0.39 is 0 Å². The van der Waals surface area contributed by atoms with Crippen LogP contribution in [0.3, 0.4) is 0 Å². The van der Waals surface area contributed by atoms with Crippen molar-refractivity contribution in [2.75, 3.05) is 57.9 Å². The lowest BCUT2D eigenvalue weighted by Crippen LogP contribution is -2.46. The zero-order valence-corrected chi connectivity index (χ0v) is 21.4. The second-order valence-electron chi connectivity index (χ2n) is 9.30. The lowest BCUT2D eigenvalue weighted by atomic mass is 9.92. The Morgan fingerprint density at radius 1 is 1.12 bits per heavy atom. The number of nitrogens with one attached hydrogen (secondary N) is 1. The maximum Gasteiger partial charge on any atom is 0.251 e. The number of carbonyl (C=O) groups is 1. The van der Waals surface area contributed by atoms with Gasteiger partial charge in [0.15, 0.2) is 5.16 Å². The molecule has 1 N–H and O–H groups in total. The van der Waals surface area contributed by atoms with Crippen LogP contribution in [0.2, 0.25) is 0 Å². The van der Waals surface area contributed by atoms with E-state index in [2.05, 4.69) is 48.9 Å². The molecule has 0 bridgehead atoms. The van der Waals surface area contributed by atoms with Crippen molar-refractivity contribution in [1.82, 2.24) is 20.2 Å². The fraction of sp³-hybridized carbons (Fsp3) is 0.560. The SMILES string of the molecule is CCN1CCN(c2cc(C(C)(C)C)nc(SCc3ccc(C(=O)NCCOC)cc3)n2)CC1. The van der Waals surface area contributed by atoms with Gasteiger partial charge in [-0.2, -0.15) is 0 Å². The summed E-state index contributed by atoms with van der Waals surface area (Å²) in [6.07, 6.45) is 0. The molecule has 1 fully saturated rings. The van der Waals surface area contributed by atoms with Crippen LogP contribution in [0.1, 0.15) is 49.3 Å². The van der Waals surface area contributed by atoms with Crippen LogP contribution in [0.5, 0.6) is 0 Å². The quantitative estimate of drug-likeness (QED) is 0.340. The normalized spacial score (nSPS) is 15.0. The fourth-order valence-electron chi connectivity index (χ4n) is 3.59. The van der Waals surface area contributed by atoms with Gasteiger partial charge in [0.25, 0.3) is 5.91 Å². The Labute approximate surface area is 202 Å². The van der Waals surface area contributed by atoms with E-state index in [4.69, 9.17) is 14.7 Å². The van der Waals surface area contributed by atoms with Gasteiger partial charge in [-0.25, -0.2) is 9.97 Å². The van der Waals surface area contributed by atoms with E-state index in [0.29, 0.717) is 18.7 Å². The first-order valence-electron chi connectivity index (χ1n) is 11.7. The number of rotatable bonds is 9. The summed E-state index contributed by atoms with van der Waals surface area (Å²) in [6, 6.07) is 9.88. The van der Waals surface area contributed by atoms with Gasteiger partial charge in [0.05, 0.1) is 12.3 Å². The first-order chi connectivity index (χ1) is 15.8. The molecule has 0 radical (unpaired) electrons. The minimum atomic E-state index is -0.0831. The van der Waals surface area contributed by atoms with Gasteiger partial charge in [-0.15, -0.1) is 0 Å². The molecule has 180 valence electrons. The number of anilines is 1. The zero-order chi connectivity index (χ0) is 23.8. The minimum Gasteiger partial charge on any atom is -0.383 e. The molecule has 0 atom stereocenters. The number of thioether (sulfide) groups is 1. The van der Waals surface area contributed by atoms with Crippen LogP contribution >= 0.6 is 11.8 Å². The first-order valence-corrected chi connectivity index (χ1v) is 12.6. The molecule has 1 aromatic heterocycles. The summed E-state index contributed by atoms with van der Waals surface area (Å²) in [4.78, 5) is 26.8. The molecular weight excluding hydrogens is 434 g/mol. The van der Waals surface area contributed by atoms with E-state index in [1.165, 1.54) is 0 Å². The average molecular weight is 472 g/mol. The van der Waals surface area contributed by atoms with Crippen LogP contribution in [-0.2, 0) is 15.9 Å². The number of hydrogen-bond acceptors (Lipinski definition) is 7. The molecule has 0 aliphatic carbocycles. The molecule has 1 saturated heterocycles. The molecule has 3 rings (SSSR count). The lowest BCUT2D eigenvalue weighted by molar-refractivity contribution is 0.0937. The van der Waals surface area contributed by atoms with Gasteiger partial charge < -0.3 is 19.9 Å². The van der Waals surface area contributed by atoms with Gasteiger partial charge in [-0.05, 0) is 24.2 Å². The molecule has 0 saturated carbocycles. The second-order valence-corrected chi connectivity index (χ2v) is 10.2. The van der Waals surface area contributed by atoms with Crippen molar-refractivity contribution in [2.45, 2.75) is 44.0 Å². The fourth-order valence-corrected chi connectivity index (χ4v) is 4.39. The maximum atomic E-state index is 12.2. The summed E-state index contributed by atoms with van der Waals surface area (Å²) in [6.45, 7) is 15.0. The molecule has 2 aromatic rings. The van der Waals surface area contributed by atoms with Gasteiger partial charge >= 0.3 is 0 Å². The summed E-state index contributed by atoms with van der Waals surface area (Å²) in [5.41, 5.74) is 2.81. The number of amides is 1. The molecule has 1 aromatic carbocycles. The topological polar surface area (TPSA) is 70.6 Å². The van der Waals surface area contributed by atoms with Crippen molar-refractivity contribution >= 4 is 23.5 Å². The highest BCUT2D eigenvalue weighted by Crippen LogP contribution is 2.29. The minimum absolute atomic E-state index is 0.0456. The van der Waals surface area contributed by atoms with E-state index in [1.54, 1.807) is 18.9 Å². The Morgan fingerprint density at radius 2 is 1.82 bits per heavy atom. The van der Waals surface area contributed by atoms with Gasteiger partial charge in [-0.3, -0.25) is 4.79 Å². The Bertz CT molecular complexity index is 906. The third-order valence-electron chi connectivity index (χ3n) is 5.78. The molecule has 1 aliphatic heterocycles. The molecule has 33 heavy (non-hydrogen) atoms. The van der Waals surface area contributed by atoms with Crippen LogP contribution in [0, 0.1) is 0 Å². The van der Waals surface area contributed by atoms with Crippen molar-refractivity contribution in [1.29, 1.82) is 0 Å². The van der Waals surface area contributed by atoms with Crippen LogP contribution in [0.4, 0.5) is 5.82 Å². The van der Waals surface area contributed by atoms with Crippen LogP contribution in [0.25, 0.3) is 0 Å². The number of likely N-dealkylation sites (N-methyl/N-ethyl adjacent to an activating group) is 1. The summed E-state index contributed by atoms with van der Waals surface area (Å²) in [5.74, 6) is 1.69. The number of nitrogens with zero attached hydrogens (tertiary/aromatic N) is 4. The highest BCUT2D eigenvalue weighted by molar-refractivity contribution is 7.98.